The molecule has 1 N–H and O–H groups in total. The van der Waals surface area contributed by atoms with Gasteiger partial charge in [-0.25, -0.2) is 0 Å². The quantitative estimate of drug-likeness (QED) is 0.671. The Morgan fingerprint density at radius 2 is 2.06 bits per heavy atom. The number of para-hydroxylation sites is 1. The molecule has 0 atom stereocenters. The van der Waals surface area contributed by atoms with Crippen LogP contribution in [-0.4, -0.2) is 17.2 Å². The van der Waals surface area contributed by atoms with E-state index in [0.29, 0.717) is 0 Å². The summed E-state index contributed by atoms with van der Waals surface area (Å²) >= 11 is 0. The molecule has 1 aromatic carbocycles. The monoisotopic (exact) mass is 264 g/mol. The highest BCUT2D eigenvalue weighted by molar-refractivity contribution is 5.92. The molecule has 98 valence electrons. The minimum absolute atomic E-state index is 0.366. The molecule has 0 aliphatic carbocycles. The number of halogens is 3. The van der Waals surface area contributed by atoms with Gasteiger partial charge in [0.15, 0.2) is 0 Å². The van der Waals surface area contributed by atoms with Gasteiger partial charge in [0.05, 0.1) is 4.92 Å². The number of nitrogens with zero attached hydrogens (tertiary/aromatic N) is 1. The van der Waals surface area contributed by atoms with Gasteiger partial charge in [0.25, 0.3) is 0 Å². The lowest BCUT2D eigenvalue weighted by atomic mass is 10.2. The number of amides is 1. The van der Waals surface area contributed by atoms with Crippen molar-refractivity contribution in [3.05, 3.63) is 28.3 Å². The molecular formula is C9H7F3N2O4. The van der Waals surface area contributed by atoms with E-state index in [1.165, 1.54) is 0 Å². The molecule has 0 aliphatic rings. The van der Waals surface area contributed by atoms with E-state index in [2.05, 4.69) is 10.1 Å². The molecule has 0 aromatic heterocycles. The molecule has 0 aliphatic heterocycles. The standard InChI is InChI=1S/C9H7F3N2O4/c1-5(15)13-6-3-2-4-7(8(6)14(16)17)18-9(10,11)12/h2-4H,1H3,(H,13,15). The molecule has 0 saturated carbocycles. The zero-order chi connectivity index (χ0) is 13.9. The first-order valence-corrected chi connectivity index (χ1v) is 4.51. The van der Waals surface area contributed by atoms with Crippen LogP contribution in [0, 0.1) is 10.1 Å². The average Bonchev–Trinajstić information content (AvgIpc) is 2.13. The number of nitrogens with one attached hydrogen (secondary N) is 1. The van der Waals surface area contributed by atoms with Crippen molar-refractivity contribution in [3.63, 3.8) is 0 Å². The predicted octanol–water partition coefficient (Wildman–Crippen LogP) is 2.45. The maximum Gasteiger partial charge on any atom is 0.573 e. The van der Waals surface area contributed by atoms with Crippen molar-refractivity contribution in [2.75, 3.05) is 5.32 Å². The molecule has 0 radical (unpaired) electrons. The third kappa shape index (κ3) is 3.61. The number of carbonyl (C=O) groups excluding carboxylic acids is 1. The van der Waals surface area contributed by atoms with Crippen molar-refractivity contribution in [1.29, 1.82) is 0 Å². The lowest BCUT2D eigenvalue weighted by Gasteiger charge is -2.11. The van der Waals surface area contributed by atoms with Gasteiger partial charge in [-0.3, -0.25) is 14.9 Å². The van der Waals surface area contributed by atoms with Gasteiger partial charge in [-0.2, -0.15) is 0 Å². The highest BCUT2D eigenvalue weighted by Gasteiger charge is 2.35. The topological polar surface area (TPSA) is 81.5 Å². The maximum atomic E-state index is 12.0. The van der Waals surface area contributed by atoms with Crippen molar-refractivity contribution >= 4 is 17.3 Å². The van der Waals surface area contributed by atoms with E-state index in [1.807, 2.05) is 0 Å². The van der Waals surface area contributed by atoms with Crippen molar-refractivity contribution in [2.45, 2.75) is 13.3 Å². The van der Waals surface area contributed by atoms with Crippen molar-refractivity contribution < 1.29 is 27.6 Å². The molecule has 0 spiro atoms. The van der Waals surface area contributed by atoms with E-state index in [9.17, 15) is 28.1 Å². The number of alkyl halides is 3. The number of rotatable bonds is 3. The van der Waals surface area contributed by atoms with E-state index in [1.54, 1.807) is 0 Å². The van der Waals surface area contributed by atoms with Crippen LogP contribution >= 0.6 is 0 Å². The normalized spacial score (nSPS) is 10.9. The minimum Gasteiger partial charge on any atom is -0.398 e. The first kappa shape index (κ1) is 13.7. The van der Waals surface area contributed by atoms with Crippen LogP contribution in [0.15, 0.2) is 18.2 Å². The van der Waals surface area contributed by atoms with Crippen LogP contribution in [0.2, 0.25) is 0 Å². The SMILES string of the molecule is CC(=O)Nc1cccc(OC(F)(F)F)c1[N+](=O)[O-]. The molecule has 0 fully saturated rings. The van der Waals surface area contributed by atoms with E-state index >= 15 is 0 Å². The Bertz CT molecular complexity index is 487. The van der Waals surface area contributed by atoms with Gasteiger partial charge in [0.1, 0.15) is 5.69 Å². The number of hydrogen-bond acceptors (Lipinski definition) is 4. The summed E-state index contributed by atoms with van der Waals surface area (Å²) in [5.41, 5.74) is -1.32. The number of ether oxygens (including phenoxy) is 1. The second kappa shape index (κ2) is 4.90. The average molecular weight is 264 g/mol. The van der Waals surface area contributed by atoms with E-state index < -0.39 is 28.6 Å². The summed E-state index contributed by atoms with van der Waals surface area (Å²) in [6.45, 7) is 1.07. The fraction of sp³-hybridized carbons (Fsp3) is 0.222. The summed E-state index contributed by atoms with van der Waals surface area (Å²) < 4.78 is 39.7. The molecule has 0 unspecified atom stereocenters. The van der Waals surface area contributed by atoms with Gasteiger partial charge < -0.3 is 10.1 Å². The largest absolute Gasteiger partial charge is 0.573 e. The zero-order valence-electron chi connectivity index (χ0n) is 8.95. The minimum atomic E-state index is -5.06. The first-order valence-electron chi connectivity index (χ1n) is 4.51. The summed E-state index contributed by atoms with van der Waals surface area (Å²) in [5, 5.41) is 12.8. The molecule has 1 amide bonds. The van der Waals surface area contributed by atoms with Crippen LogP contribution < -0.4 is 10.1 Å². The van der Waals surface area contributed by atoms with E-state index in [-0.39, 0.29) is 5.69 Å². The fourth-order valence-corrected chi connectivity index (χ4v) is 1.21. The summed E-state index contributed by atoms with van der Waals surface area (Å²) in [7, 11) is 0. The number of nitro groups is 1. The van der Waals surface area contributed by atoms with Crippen LogP contribution in [0.3, 0.4) is 0 Å². The number of anilines is 1. The Labute approximate surface area is 98.5 Å². The smallest absolute Gasteiger partial charge is 0.398 e. The third-order valence-electron chi connectivity index (χ3n) is 1.72. The van der Waals surface area contributed by atoms with Crippen LogP contribution in [-0.2, 0) is 4.79 Å². The van der Waals surface area contributed by atoms with Crippen LogP contribution in [0.1, 0.15) is 6.92 Å². The molecule has 0 bridgehead atoms. The molecule has 9 heteroatoms. The Morgan fingerprint density at radius 1 is 1.44 bits per heavy atom. The lowest BCUT2D eigenvalue weighted by molar-refractivity contribution is -0.387. The Morgan fingerprint density at radius 3 is 2.50 bits per heavy atom. The first-order chi connectivity index (χ1) is 8.20. The number of benzene rings is 1. The Hall–Kier alpha value is -2.32. The molecule has 1 rings (SSSR count). The molecule has 18 heavy (non-hydrogen) atoms. The summed E-state index contributed by atoms with van der Waals surface area (Å²) in [4.78, 5) is 20.4. The zero-order valence-corrected chi connectivity index (χ0v) is 8.95. The van der Waals surface area contributed by atoms with Crippen LogP contribution in [0.5, 0.6) is 5.75 Å². The molecule has 6 nitrogen and oxygen atoms in total. The number of hydrogen-bond donors (Lipinski definition) is 1. The van der Waals surface area contributed by atoms with Crippen LogP contribution in [0.4, 0.5) is 24.5 Å². The van der Waals surface area contributed by atoms with Crippen molar-refractivity contribution in [3.8, 4) is 5.75 Å². The van der Waals surface area contributed by atoms with Gasteiger partial charge in [-0.1, -0.05) is 6.07 Å². The van der Waals surface area contributed by atoms with Gasteiger partial charge in [0.2, 0.25) is 11.7 Å². The number of nitro benzene ring substituents is 1. The molecule has 1 aromatic rings. The number of carbonyl (C=O) groups is 1. The third-order valence-corrected chi connectivity index (χ3v) is 1.72. The molecule has 0 heterocycles. The highest BCUT2D eigenvalue weighted by atomic mass is 19.4. The van der Waals surface area contributed by atoms with E-state index in [0.717, 1.165) is 25.1 Å². The fourth-order valence-electron chi connectivity index (χ4n) is 1.21. The predicted molar refractivity (Wildman–Crippen MR) is 54.1 cm³/mol. The Balaban J connectivity index is 3.26. The summed E-state index contributed by atoms with van der Waals surface area (Å²) in [6, 6.07) is 2.99. The van der Waals surface area contributed by atoms with Gasteiger partial charge in [-0.05, 0) is 12.1 Å². The van der Waals surface area contributed by atoms with Gasteiger partial charge >= 0.3 is 12.0 Å². The Kier molecular flexibility index (Phi) is 3.74. The molecular weight excluding hydrogens is 257 g/mol. The van der Waals surface area contributed by atoms with Crippen molar-refractivity contribution in [1.82, 2.24) is 0 Å². The lowest BCUT2D eigenvalue weighted by Crippen LogP contribution is -2.18. The summed E-state index contributed by atoms with van der Waals surface area (Å²) in [6.07, 6.45) is -5.06. The maximum absolute atomic E-state index is 12.0. The van der Waals surface area contributed by atoms with E-state index in [4.69, 9.17) is 0 Å². The van der Waals surface area contributed by atoms with Gasteiger partial charge in [0, 0.05) is 6.92 Å². The second-order valence-electron chi connectivity index (χ2n) is 3.14. The second-order valence-corrected chi connectivity index (χ2v) is 3.14. The van der Waals surface area contributed by atoms with Gasteiger partial charge in [-0.15, -0.1) is 13.2 Å². The van der Waals surface area contributed by atoms with Crippen LogP contribution in [0.25, 0.3) is 0 Å². The summed E-state index contributed by atoms with van der Waals surface area (Å²) in [5.74, 6) is -1.64. The molecule has 0 saturated heterocycles. The highest BCUT2D eigenvalue weighted by Crippen LogP contribution is 2.37. The van der Waals surface area contributed by atoms with Crippen molar-refractivity contribution in [2.24, 2.45) is 0 Å².